The van der Waals surface area contributed by atoms with Crippen molar-refractivity contribution in [1.82, 2.24) is 9.62 Å². The van der Waals surface area contributed by atoms with E-state index in [1.54, 1.807) is 0 Å². The average Bonchev–Trinajstić information content (AvgIpc) is 2.64. The van der Waals surface area contributed by atoms with E-state index in [2.05, 4.69) is 17.4 Å². The summed E-state index contributed by atoms with van der Waals surface area (Å²) in [6, 6.07) is 10.2. The van der Waals surface area contributed by atoms with E-state index in [0.717, 1.165) is 12.8 Å². The molecule has 25 heavy (non-hydrogen) atoms. The summed E-state index contributed by atoms with van der Waals surface area (Å²) in [6.07, 6.45) is 3.00. The molecule has 0 aliphatic carbocycles. The van der Waals surface area contributed by atoms with Crippen LogP contribution in [0.4, 0.5) is 0 Å². The molecular formula is C18H28N2O4S. The van der Waals surface area contributed by atoms with Gasteiger partial charge in [-0.3, -0.25) is 4.79 Å². The molecular weight excluding hydrogens is 340 g/mol. The molecule has 2 rings (SSSR count). The van der Waals surface area contributed by atoms with Crippen molar-refractivity contribution in [3.8, 4) is 0 Å². The van der Waals surface area contributed by atoms with Crippen LogP contribution in [0.2, 0.25) is 0 Å². The maximum absolute atomic E-state index is 12.2. The Kier molecular flexibility index (Phi) is 7.87. The van der Waals surface area contributed by atoms with Crippen LogP contribution in [0.3, 0.4) is 0 Å². The number of carbonyl (C=O) groups is 1. The van der Waals surface area contributed by atoms with Crippen molar-refractivity contribution in [2.45, 2.75) is 25.7 Å². The lowest BCUT2D eigenvalue weighted by atomic mass is 9.97. The lowest BCUT2D eigenvalue weighted by Gasteiger charge is -2.30. The summed E-state index contributed by atoms with van der Waals surface area (Å²) in [7, 11) is -1.78. The van der Waals surface area contributed by atoms with E-state index in [0.29, 0.717) is 32.5 Å². The smallest absolute Gasteiger partial charge is 0.223 e. The third-order valence-electron chi connectivity index (χ3n) is 4.55. The average molecular weight is 368 g/mol. The number of nitrogens with one attached hydrogen (secondary N) is 1. The van der Waals surface area contributed by atoms with Crippen molar-refractivity contribution >= 4 is 15.9 Å². The summed E-state index contributed by atoms with van der Waals surface area (Å²) < 4.78 is 30.5. The number of methoxy groups -OCH3 is 1. The van der Waals surface area contributed by atoms with Gasteiger partial charge in [0.1, 0.15) is 0 Å². The van der Waals surface area contributed by atoms with Crippen LogP contribution in [-0.2, 0) is 26.0 Å². The van der Waals surface area contributed by atoms with E-state index >= 15 is 0 Å². The summed E-state index contributed by atoms with van der Waals surface area (Å²) in [5.74, 6) is -0.0487. The molecule has 1 saturated heterocycles. The molecule has 1 aliphatic rings. The van der Waals surface area contributed by atoms with E-state index in [9.17, 15) is 13.2 Å². The molecule has 0 aromatic heterocycles. The zero-order valence-corrected chi connectivity index (χ0v) is 15.6. The minimum absolute atomic E-state index is 0.000150. The summed E-state index contributed by atoms with van der Waals surface area (Å²) in [6.45, 7) is 1.67. The van der Waals surface area contributed by atoms with Crippen LogP contribution in [0.25, 0.3) is 0 Å². The molecule has 140 valence electrons. The molecule has 1 fully saturated rings. The summed E-state index contributed by atoms with van der Waals surface area (Å²) in [4.78, 5) is 12.2. The molecule has 0 unspecified atom stereocenters. The van der Waals surface area contributed by atoms with Crippen molar-refractivity contribution in [2.75, 3.05) is 39.1 Å². The molecule has 0 bridgehead atoms. The third-order valence-corrected chi connectivity index (χ3v) is 6.38. The molecule has 6 nitrogen and oxygen atoms in total. The Bertz CT molecular complexity index is 626. The van der Waals surface area contributed by atoms with Gasteiger partial charge in [0.15, 0.2) is 0 Å². The molecule has 0 spiro atoms. The maximum atomic E-state index is 12.2. The second-order valence-electron chi connectivity index (χ2n) is 6.36. The molecule has 0 atom stereocenters. The number of hydrogen-bond acceptors (Lipinski definition) is 4. The Morgan fingerprint density at radius 3 is 2.56 bits per heavy atom. The first kappa shape index (κ1) is 19.9. The Balaban J connectivity index is 1.67. The van der Waals surface area contributed by atoms with Gasteiger partial charge < -0.3 is 10.1 Å². The van der Waals surface area contributed by atoms with Crippen molar-refractivity contribution in [3.05, 3.63) is 35.9 Å². The van der Waals surface area contributed by atoms with Gasteiger partial charge in [-0.25, -0.2) is 12.7 Å². The number of ether oxygens (including phenoxy) is 1. The predicted molar refractivity (Wildman–Crippen MR) is 97.7 cm³/mol. The number of nitrogens with zero attached hydrogens (tertiary/aromatic N) is 1. The molecule has 1 N–H and O–H groups in total. The highest BCUT2D eigenvalue weighted by Gasteiger charge is 2.30. The zero-order chi connectivity index (χ0) is 18.1. The molecule has 1 aromatic rings. The maximum Gasteiger partial charge on any atom is 0.223 e. The second-order valence-corrected chi connectivity index (χ2v) is 8.45. The monoisotopic (exact) mass is 368 g/mol. The van der Waals surface area contributed by atoms with Gasteiger partial charge in [-0.2, -0.15) is 0 Å². The van der Waals surface area contributed by atoms with Crippen LogP contribution >= 0.6 is 0 Å². The first-order chi connectivity index (χ1) is 12.0. The number of piperidine rings is 1. The van der Waals surface area contributed by atoms with Crippen LogP contribution in [0, 0.1) is 5.92 Å². The van der Waals surface area contributed by atoms with Gasteiger partial charge in [-0.1, -0.05) is 30.3 Å². The first-order valence-corrected chi connectivity index (χ1v) is 10.4. The van der Waals surface area contributed by atoms with Crippen molar-refractivity contribution in [3.63, 3.8) is 0 Å². The van der Waals surface area contributed by atoms with Gasteiger partial charge >= 0.3 is 0 Å². The second kappa shape index (κ2) is 9.89. The fourth-order valence-electron chi connectivity index (χ4n) is 3.01. The number of sulfonamides is 1. The van der Waals surface area contributed by atoms with Gasteiger partial charge in [-0.15, -0.1) is 0 Å². The summed E-state index contributed by atoms with van der Waals surface area (Å²) in [5.41, 5.74) is 1.27. The van der Waals surface area contributed by atoms with Crippen LogP contribution in [0.5, 0.6) is 0 Å². The summed E-state index contributed by atoms with van der Waals surface area (Å²) >= 11 is 0. The highest BCUT2D eigenvalue weighted by atomic mass is 32.2. The van der Waals surface area contributed by atoms with Crippen LogP contribution in [0.1, 0.15) is 24.8 Å². The highest BCUT2D eigenvalue weighted by molar-refractivity contribution is 7.89. The van der Waals surface area contributed by atoms with Gasteiger partial charge in [-0.05, 0) is 31.2 Å². The normalized spacial score (nSPS) is 16.7. The minimum atomic E-state index is -3.27. The van der Waals surface area contributed by atoms with Crippen LogP contribution in [-0.4, -0.2) is 57.7 Å². The van der Waals surface area contributed by atoms with E-state index in [4.69, 9.17) is 4.74 Å². The molecule has 0 radical (unpaired) electrons. The number of benzene rings is 1. The van der Waals surface area contributed by atoms with Crippen molar-refractivity contribution in [1.29, 1.82) is 0 Å². The predicted octanol–water partition coefficient (Wildman–Crippen LogP) is 1.42. The Hall–Kier alpha value is -1.44. The number of amides is 1. The molecule has 1 aromatic carbocycles. The quantitative estimate of drug-likeness (QED) is 0.669. The minimum Gasteiger partial charge on any atom is -0.384 e. The zero-order valence-electron chi connectivity index (χ0n) is 14.8. The Morgan fingerprint density at radius 1 is 1.24 bits per heavy atom. The first-order valence-electron chi connectivity index (χ1n) is 8.81. The van der Waals surface area contributed by atoms with Crippen LogP contribution < -0.4 is 5.32 Å². The third kappa shape index (κ3) is 6.41. The van der Waals surface area contributed by atoms with Crippen LogP contribution in [0.15, 0.2) is 30.3 Å². The SMILES string of the molecule is COCCS(=O)(=O)N1CCC(C(=O)NCCCc2ccccc2)CC1. The van der Waals surface area contributed by atoms with Gasteiger partial charge in [0, 0.05) is 32.7 Å². The fourth-order valence-corrected chi connectivity index (χ4v) is 4.41. The molecule has 7 heteroatoms. The molecule has 1 aliphatic heterocycles. The summed E-state index contributed by atoms with van der Waals surface area (Å²) in [5, 5.41) is 2.98. The number of carbonyl (C=O) groups excluding carboxylic acids is 1. The molecule has 1 amide bonds. The lowest BCUT2D eigenvalue weighted by molar-refractivity contribution is -0.126. The van der Waals surface area contributed by atoms with Gasteiger partial charge in [0.2, 0.25) is 15.9 Å². The van der Waals surface area contributed by atoms with E-state index < -0.39 is 10.0 Å². The Morgan fingerprint density at radius 2 is 1.92 bits per heavy atom. The molecule has 1 heterocycles. The van der Waals surface area contributed by atoms with E-state index in [-0.39, 0.29) is 24.2 Å². The number of rotatable bonds is 9. The van der Waals surface area contributed by atoms with E-state index in [1.807, 2.05) is 18.2 Å². The molecule has 0 saturated carbocycles. The van der Waals surface area contributed by atoms with Gasteiger partial charge in [0.05, 0.1) is 12.4 Å². The number of aryl methyl sites for hydroxylation is 1. The Labute approximate surface area is 150 Å². The van der Waals surface area contributed by atoms with Gasteiger partial charge in [0.25, 0.3) is 0 Å². The standard InChI is InChI=1S/C18H28N2O4S/c1-24-14-15-25(22,23)20-12-9-17(10-13-20)18(21)19-11-5-8-16-6-3-2-4-7-16/h2-4,6-7,17H,5,8-15H2,1H3,(H,19,21). The van der Waals surface area contributed by atoms with E-state index in [1.165, 1.54) is 17.0 Å². The number of hydrogen-bond donors (Lipinski definition) is 1. The highest BCUT2D eigenvalue weighted by Crippen LogP contribution is 2.20. The largest absolute Gasteiger partial charge is 0.384 e. The van der Waals surface area contributed by atoms with Crippen molar-refractivity contribution in [2.24, 2.45) is 5.92 Å². The lowest BCUT2D eigenvalue weighted by Crippen LogP contribution is -2.44. The fraction of sp³-hybridized carbons (Fsp3) is 0.611. The topological polar surface area (TPSA) is 75.7 Å². The van der Waals surface area contributed by atoms with Crippen molar-refractivity contribution < 1.29 is 17.9 Å².